The van der Waals surface area contributed by atoms with Crippen LogP contribution >= 0.6 is 0 Å². The van der Waals surface area contributed by atoms with Crippen LogP contribution in [0.15, 0.2) is 90.1 Å². The van der Waals surface area contributed by atoms with Crippen molar-refractivity contribution >= 4 is 5.71 Å². The Balaban J connectivity index is 1.82. The lowest BCUT2D eigenvalue weighted by Gasteiger charge is -2.07. The van der Waals surface area contributed by atoms with Crippen LogP contribution in [0.1, 0.15) is 11.1 Å². The van der Waals surface area contributed by atoms with Crippen LogP contribution in [-0.2, 0) is 6.42 Å². The average molecular weight is 287 g/mol. The van der Waals surface area contributed by atoms with Gasteiger partial charge in [0.15, 0.2) is 0 Å². The fourth-order valence-electron chi connectivity index (χ4n) is 2.47. The minimum atomic E-state index is 0.613. The summed E-state index contributed by atoms with van der Waals surface area (Å²) >= 11 is 0. The van der Waals surface area contributed by atoms with Crippen LogP contribution in [0, 0.1) is 0 Å². The molecule has 2 heteroatoms. The van der Waals surface area contributed by atoms with Gasteiger partial charge in [0.25, 0.3) is 0 Å². The second-order valence-corrected chi connectivity index (χ2v) is 5.15. The molecule has 0 bridgehead atoms. The molecule has 0 heterocycles. The van der Waals surface area contributed by atoms with E-state index in [0.29, 0.717) is 12.1 Å². The first-order valence-electron chi connectivity index (χ1n) is 7.27. The van der Waals surface area contributed by atoms with Crippen molar-refractivity contribution in [1.29, 1.82) is 0 Å². The highest BCUT2D eigenvalue weighted by molar-refractivity contribution is 6.01. The monoisotopic (exact) mass is 287 g/mol. The molecule has 0 spiro atoms. The average Bonchev–Trinajstić information content (AvgIpc) is 2.61. The zero-order valence-electron chi connectivity index (χ0n) is 12.2. The summed E-state index contributed by atoms with van der Waals surface area (Å²) in [6, 6.07) is 28.4. The van der Waals surface area contributed by atoms with Gasteiger partial charge in [0.2, 0.25) is 0 Å². The van der Waals surface area contributed by atoms with E-state index < -0.39 is 0 Å². The molecule has 3 aromatic carbocycles. The van der Waals surface area contributed by atoms with Gasteiger partial charge in [-0.15, -0.1) is 0 Å². The van der Waals surface area contributed by atoms with Gasteiger partial charge in [-0.1, -0.05) is 90.1 Å². The molecular formula is C20H17NO. The summed E-state index contributed by atoms with van der Waals surface area (Å²) in [6.45, 7) is 0. The number of benzene rings is 3. The van der Waals surface area contributed by atoms with E-state index in [1.807, 2.05) is 60.7 Å². The Bertz CT molecular complexity index is 747. The lowest BCUT2D eigenvalue weighted by atomic mass is 9.99. The van der Waals surface area contributed by atoms with Crippen molar-refractivity contribution < 1.29 is 5.21 Å². The molecule has 2 nitrogen and oxygen atoms in total. The summed E-state index contributed by atoms with van der Waals surface area (Å²) in [5.74, 6) is 0. The molecule has 22 heavy (non-hydrogen) atoms. The molecule has 0 saturated heterocycles. The molecule has 0 aliphatic carbocycles. The fraction of sp³-hybridized carbons (Fsp3) is 0.0500. The van der Waals surface area contributed by atoms with E-state index in [9.17, 15) is 5.21 Å². The maximum Gasteiger partial charge on any atom is 0.0911 e. The molecule has 108 valence electrons. The molecule has 0 radical (unpaired) electrons. The molecule has 0 saturated carbocycles. The number of rotatable bonds is 4. The van der Waals surface area contributed by atoms with Crippen molar-refractivity contribution in [3.63, 3.8) is 0 Å². The van der Waals surface area contributed by atoms with Gasteiger partial charge < -0.3 is 5.21 Å². The summed E-state index contributed by atoms with van der Waals surface area (Å²) in [4.78, 5) is 0. The van der Waals surface area contributed by atoms with Crippen molar-refractivity contribution in [2.75, 3.05) is 0 Å². The van der Waals surface area contributed by atoms with Crippen molar-refractivity contribution in [3.05, 3.63) is 96.1 Å². The summed E-state index contributed by atoms with van der Waals surface area (Å²) in [6.07, 6.45) is 0.613. The van der Waals surface area contributed by atoms with Gasteiger partial charge in [-0.3, -0.25) is 0 Å². The molecule has 3 aromatic rings. The minimum absolute atomic E-state index is 0.613. The normalized spacial score (nSPS) is 11.4. The second-order valence-electron chi connectivity index (χ2n) is 5.15. The van der Waals surface area contributed by atoms with Crippen LogP contribution in [0.25, 0.3) is 11.1 Å². The van der Waals surface area contributed by atoms with Gasteiger partial charge in [-0.05, 0) is 22.3 Å². The molecule has 0 amide bonds. The van der Waals surface area contributed by atoms with Gasteiger partial charge in [0.1, 0.15) is 0 Å². The summed E-state index contributed by atoms with van der Waals surface area (Å²) in [7, 11) is 0. The van der Waals surface area contributed by atoms with Gasteiger partial charge in [0.05, 0.1) is 5.71 Å². The number of nitrogens with zero attached hydrogens (tertiary/aromatic N) is 1. The van der Waals surface area contributed by atoms with Gasteiger partial charge >= 0.3 is 0 Å². The second kappa shape index (κ2) is 6.72. The van der Waals surface area contributed by atoms with Crippen LogP contribution in [0.2, 0.25) is 0 Å². The van der Waals surface area contributed by atoms with Gasteiger partial charge in [-0.25, -0.2) is 0 Å². The van der Waals surface area contributed by atoms with E-state index in [0.717, 1.165) is 16.7 Å². The molecular weight excluding hydrogens is 270 g/mol. The van der Waals surface area contributed by atoms with E-state index >= 15 is 0 Å². The Morgan fingerprint density at radius 2 is 1.23 bits per heavy atom. The maximum atomic E-state index is 9.32. The Kier molecular flexibility index (Phi) is 4.30. The fourth-order valence-corrected chi connectivity index (χ4v) is 2.47. The predicted octanol–water partition coefficient (Wildman–Crippen LogP) is 4.77. The highest BCUT2D eigenvalue weighted by Gasteiger charge is 2.06. The highest BCUT2D eigenvalue weighted by Crippen LogP contribution is 2.20. The van der Waals surface area contributed by atoms with Gasteiger partial charge in [0, 0.05) is 6.42 Å². The Labute approximate surface area is 130 Å². The van der Waals surface area contributed by atoms with E-state index in [4.69, 9.17) is 0 Å². The standard InChI is InChI=1S/C20H17NO/c22-21-20(15-16-7-3-1-4-8-16)19-13-11-18(12-14-19)17-9-5-2-6-10-17/h1-14,22H,15H2/b21-20-. The first-order valence-corrected chi connectivity index (χ1v) is 7.27. The Morgan fingerprint density at radius 3 is 1.82 bits per heavy atom. The van der Waals surface area contributed by atoms with Crippen molar-refractivity contribution in [2.24, 2.45) is 5.16 Å². The topological polar surface area (TPSA) is 32.6 Å². The SMILES string of the molecule is O/N=C(/Cc1ccccc1)c1ccc(-c2ccccc2)cc1. The zero-order chi connectivity index (χ0) is 15.2. The van der Waals surface area contributed by atoms with Gasteiger partial charge in [-0.2, -0.15) is 0 Å². The first-order chi connectivity index (χ1) is 10.9. The largest absolute Gasteiger partial charge is 0.411 e. The molecule has 0 aliphatic heterocycles. The Hall–Kier alpha value is -2.87. The van der Waals surface area contributed by atoms with Crippen LogP contribution in [0.4, 0.5) is 0 Å². The lowest BCUT2D eigenvalue weighted by molar-refractivity contribution is 0.318. The maximum absolute atomic E-state index is 9.32. The lowest BCUT2D eigenvalue weighted by Crippen LogP contribution is -2.05. The minimum Gasteiger partial charge on any atom is -0.411 e. The van der Waals surface area contributed by atoms with E-state index in [-0.39, 0.29) is 0 Å². The Morgan fingerprint density at radius 1 is 0.682 bits per heavy atom. The summed E-state index contributed by atoms with van der Waals surface area (Å²) < 4.78 is 0. The molecule has 0 unspecified atom stereocenters. The van der Waals surface area contributed by atoms with Crippen molar-refractivity contribution in [3.8, 4) is 11.1 Å². The number of hydrogen-bond donors (Lipinski definition) is 1. The highest BCUT2D eigenvalue weighted by atomic mass is 16.4. The van der Waals surface area contributed by atoms with Crippen LogP contribution in [-0.4, -0.2) is 10.9 Å². The van der Waals surface area contributed by atoms with Crippen molar-refractivity contribution in [2.45, 2.75) is 6.42 Å². The molecule has 0 aliphatic rings. The smallest absolute Gasteiger partial charge is 0.0911 e. The third kappa shape index (κ3) is 3.23. The molecule has 1 N–H and O–H groups in total. The summed E-state index contributed by atoms with van der Waals surface area (Å²) in [5, 5.41) is 12.8. The third-order valence-corrected chi connectivity index (χ3v) is 3.66. The zero-order valence-corrected chi connectivity index (χ0v) is 12.2. The molecule has 3 rings (SSSR count). The van der Waals surface area contributed by atoms with Crippen LogP contribution in [0.3, 0.4) is 0 Å². The molecule has 0 atom stereocenters. The quantitative estimate of drug-likeness (QED) is 0.418. The van der Waals surface area contributed by atoms with Crippen LogP contribution in [0.5, 0.6) is 0 Å². The van der Waals surface area contributed by atoms with E-state index in [2.05, 4.69) is 29.4 Å². The van der Waals surface area contributed by atoms with Crippen LogP contribution < -0.4 is 0 Å². The summed E-state index contributed by atoms with van der Waals surface area (Å²) in [5.41, 5.74) is 5.07. The first kappa shape index (κ1) is 14.1. The third-order valence-electron chi connectivity index (χ3n) is 3.66. The van der Waals surface area contributed by atoms with Crippen molar-refractivity contribution in [1.82, 2.24) is 0 Å². The van der Waals surface area contributed by atoms with E-state index in [1.54, 1.807) is 0 Å². The molecule has 0 aromatic heterocycles. The predicted molar refractivity (Wildman–Crippen MR) is 90.3 cm³/mol. The number of hydrogen-bond acceptors (Lipinski definition) is 2. The van der Waals surface area contributed by atoms with E-state index in [1.165, 1.54) is 5.56 Å². The number of oxime groups is 1. The molecule has 0 fully saturated rings.